The zero-order valence-electron chi connectivity index (χ0n) is 10.4. The number of carbonyl (C=O) groups is 2. The van der Waals surface area contributed by atoms with Crippen molar-refractivity contribution in [2.45, 2.75) is 38.5 Å². The molecule has 3 nitrogen and oxygen atoms in total. The number of carboxylic acid groups (broad SMARTS) is 1. The molecule has 0 heterocycles. The number of hydrogen-bond acceptors (Lipinski definition) is 2. The molecule has 96 valence electrons. The fourth-order valence-electron chi connectivity index (χ4n) is 2.52. The van der Waals surface area contributed by atoms with Gasteiger partial charge in [-0.15, -0.1) is 0 Å². The Bertz CT molecular complexity index is 434. The quantitative estimate of drug-likeness (QED) is 0.888. The minimum atomic E-state index is -0.815. The maximum Gasteiger partial charge on any atom is 0.307 e. The van der Waals surface area contributed by atoms with Gasteiger partial charge >= 0.3 is 5.97 Å². The average molecular weight is 246 g/mol. The lowest BCUT2D eigenvalue weighted by molar-refractivity contribution is -0.136. The van der Waals surface area contributed by atoms with E-state index in [1.165, 1.54) is 0 Å². The summed E-state index contributed by atoms with van der Waals surface area (Å²) in [5.41, 5.74) is 1.94. The van der Waals surface area contributed by atoms with Gasteiger partial charge < -0.3 is 5.11 Å². The minimum Gasteiger partial charge on any atom is -0.481 e. The van der Waals surface area contributed by atoms with Crippen molar-refractivity contribution < 1.29 is 14.7 Å². The molecule has 1 N–H and O–H groups in total. The molecule has 0 amide bonds. The minimum absolute atomic E-state index is 0.0582. The van der Waals surface area contributed by atoms with E-state index in [2.05, 4.69) is 0 Å². The van der Waals surface area contributed by atoms with E-state index < -0.39 is 5.97 Å². The van der Waals surface area contributed by atoms with E-state index in [1.807, 2.05) is 24.3 Å². The lowest BCUT2D eigenvalue weighted by Crippen LogP contribution is -2.21. The van der Waals surface area contributed by atoms with Crippen LogP contribution in [0.3, 0.4) is 0 Å². The number of carboxylic acids is 1. The summed E-state index contributed by atoms with van der Waals surface area (Å²) in [4.78, 5) is 22.3. The molecule has 1 aromatic carbocycles. The molecule has 0 spiro atoms. The Morgan fingerprint density at radius 1 is 1.17 bits per heavy atom. The second kappa shape index (κ2) is 5.80. The lowest BCUT2D eigenvalue weighted by Gasteiger charge is -2.20. The first-order chi connectivity index (χ1) is 8.65. The molecule has 0 saturated heterocycles. The van der Waals surface area contributed by atoms with Gasteiger partial charge in [0.15, 0.2) is 0 Å². The third-order valence-electron chi connectivity index (χ3n) is 3.54. The van der Waals surface area contributed by atoms with Crippen LogP contribution in [-0.2, 0) is 22.4 Å². The molecule has 0 aliphatic heterocycles. The maximum atomic E-state index is 11.7. The first-order valence-electron chi connectivity index (χ1n) is 6.47. The maximum absolute atomic E-state index is 11.7. The Morgan fingerprint density at radius 2 is 1.83 bits per heavy atom. The van der Waals surface area contributed by atoms with E-state index >= 15 is 0 Å². The molecular formula is C15H18O3. The average Bonchev–Trinajstić information content (AvgIpc) is 2.34. The van der Waals surface area contributed by atoms with Crippen molar-refractivity contribution in [3.05, 3.63) is 35.4 Å². The van der Waals surface area contributed by atoms with Gasteiger partial charge in [0.05, 0.1) is 6.42 Å². The van der Waals surface area contributed by atoms with Gasteiger partial charge in [0.1, 0.15) is 5.78 Å². The van der Waals surface area contributed by atoms with Crippen LogP contribution in [0.25, 0.3) is 0 Å². The number of Topliss-reactive ketones (excluding diaryl/α,β-unsaturated/α-hetero) is 1. The van der Waals surface area contributed by atoms with Crippen LogP contribution in [0.2, 0.25) is 0 Å². The van der Waals surface area contributed by atoms with Crippen LogP contribution in [0.15, 0.2) is 24.3 Å². The predicted octanol–water partition coefficient (Wildman–Crippen LogP) is 2.62. The summed E-state index contributed by atoms with van der Waals surface area (Å²) in [6, 6.07) is 7.58. The number of aliphatic carboxylic acids is 1. The van der Waals surface area contributed by atoms with E-state index in [9.17, 15) is 9.59 Å². The van der Waals surface area contributed by atoms with E-state index in [0.717, 1.165) is 43.2 Å². The van der Waals surface area contributed by atoms with Crippen LogP contribution in [0.4, 0.5) is 0 Å². The molecule has 1 aliphatic carbocycles. The third-order valence-corrected chi connectivity index (χ3v) is 3.54. The third kappa shape index (κ3) is 3.42. The van der Waals surface area contributed by atoms with Crippen molar-refractivity contribution >= 4 is 11.8 Å². The first-order valence-corrected chi connectivity index (χ1v) is 6.47. The fraction of sp³-hybridized carbons (Fsp3) is 0.467. The summed E-state index contributed by atoms with van der Waals surface area (Å²) < 4.78 is 0. The van der Waals surface area contributed by atoms with Gasteiger partial charge in [-0.3, -0.25) is 9.59 Å². The van der Waals surface area contributed by atoms with Crippen molar-refractivity contribution in [1.29, 1.82) is 0 Å². The molecule has 3 heteroatoms. The molecule has 1 fully saturated rings. The van der Waals surface area contributed by atoms with Gasteiger partial charge in [-0.2, -0.15) is 0 Å². The van der Waals surface area contributed by atoms with E-state index in [-0.39, 0.29) is 12.3 Å². The molecule has 1 atom stereocenters. The Kier molecular flexibility index (Phi) is 4.13. The molecule has 1 aromatic rings. The summed E-state index contributed by atoms with van der Waals surface area (Å²) >= 11 is 0. The van der Waals surface area contributed by atoms with Crippen LogP contribution in [-0.4, -0.2) is 16.9 Å². The normalized spacial score (nSPS) is 19.8. The Balaban J connectivity index is 1.97. The molecule has 0 aromatic heterocycles. The highest BCUT2D eigenvalue weighted by Gasteiger charge is 2.22. The molecule has 0 unspecified atom stereocenters. The molecular weight excluding hydrogens is 228 g/mol. The van der Waals surface area contributed by atoms with E-state index in [0.29, 0.717) is 5.78 Å². The highest BCUT2D eigenvalue weighted by Crippen LogP contribution is 2.24. The van der Waals surface area contributed by atoms with Crippen molar-refractivity contribution in [2.75, 3.05) is 0 Å². The summed E-state index contributed by atoms with van der Waals surface area (Å²) in [5, 5.41) is 8.69. The van der Waals surface area contributed by atoms with Gasteiger partial charge in [0, 0.05) is 12.3 Å². The fourth-order valence-corrected chi connectivity index (χ4v) is 2.52. The van der Waals surface area contributed by atoms with E-state index in [1.54, 1.807) is 0 Å². The standard InChI is InChI=1S/C15H18O3/c16-14-4-2-1-3-13(14)9-11-5-7-12(8-6-11)10-15(17)18/h5-8,13H,1-4,9-10H2,(H,17,18)/t13-/m1/s1. The molecule has 2 rings (SSSR count). The van der Waals surface area contributed by atoms with Crippen LogP contribution in [0.1, 0.15) is 36.8 Å². The van der Waals surface area contributed by atoms with Crippen molar-refractivity contribution in [3.63, 3.8) is 0 Å². The number of ketones is 1. The second-order valence-electron chi connectivity index (χ2n) is 5.00. The number of rotatable bonds is 4. The second-order valence-corrected chi connectivity index (χ2v) is 5.00. The summed E-state index contributed by atoms with van der Waals surface area (Å²) in [6.07, 6.45) is 4.76. The van der Waals surface area contributed by atoms with Crippen LogP contribution < -0.4 is 0 Å². The zero-order valence-corrected chi connectivity index (χ0v) is 10.4. The Labute approximate surface area is 107 Å². The summed E-state index contributed by atoms with van der Waals surface area (Å²) in [6.45, 7) is 0. The molecule has 1 aliphatic rings. The first kappa shape index (κ1) is 12.8. The van der Waals surface area contributed by atoms with Gasteiger partial charge in [-0.25, -0.2) is 0 Å². The van der Waals surface area contributed by atoms with Gasteiger partial charge in [0.2, 0.25) is 0 Å². The Hall–Kier alpha value is -1.64. The zero-order chi connectivity index (χ0) is 13.0. The predicted molar refractivity (Wildman–Crippen MR) is 68.5 cm³/mol. The van der Waals surface area contributed by atoms with Crippen molar-refractivity contribution in [3.8, 4) is 0 Å². The van der Waals surface area contributed by atoms with Gasteiger partial charge in [-0.1, -0.05) is 30.7 Å². The summed E-state index contributed by atoms with van der Waals surface area (Å²) in [7, 11) is 0. The smallest absolute Gasteiger partial charge is 0.307 e. The van der Waals surface area contributed by atoms with Gasteiger partial charge in [-0.05, 0) is 30.4 Å². The lowest BCUT2D eigenvalue weighted by atomic mass is 9.83. The van der Waals surface area contributed by atoms with Crippen molar-refractivity contribution in [2.24, 2.45) is 5.92 Å². The number of benzene rings is 1. The summed E-state index contributed by atoms with van der Waals surface area (Å²) in [5.74, 6) is -0.259. The molecule has 0 radical (unpaired) electrons. The van der Waals surface area contributed by atoms with Gasteiger partial charge in [0.25, 0.3) is 0 Å². The molecule has 18 heavy (non-hydrogen) atoms. The van der Waals surface area contributed by atoms with E-state index in [4.69, 9.17) is 5.11 Å². The van der Waals surface area contributed by atoms with Crippen LogP contribution in [0, 0.1) is 5.92 Å². The largest absolute Gasteiger partial charge is 0.481 e. The SMILES string of the molecule is O=C(O)Cc1ccc(C[C@H]2CCCCC2=O)cc1. The number of hydrogen-bond donors (Lipinski definition) is 1. The highest BCUT2D eigenvalue weighted by atomic mass is 16.4. The monoisotopic (exact) mass is 246 g/mol. The Morgan fingerprint density at radius 3 is 2.44 bits per heavy atom. The highest BCUT2D eigenvalue weighted by molar-refractivity contribution is 5.81. The number of carbonyl (C=O) groups excluding carboxylic acids is 1. The van der Waals surface area contributed by atoms with Crippen molar-refractivity contribution in [1.82, 2.24) is 0 Å². The molecule has 1 saturated carbocycles. The van der Waals surface area contributed by atoms with Crippen LogP contribution >= 0.6 is 0 Å². The molecule has 0 bridgehead atoms. The topological polar surface area (TPSA) is 54.4 Å². The van der Waals surface area contributed by atoms with Crippen LogP contribution in [0.5, 0.6) is 0 Å².